The van der Waals surface area contributed by atoms with E-state index < -0.39 is 6.03 Å². The van der Waals surface area contributed by atoms with E-state index in [1.54, 1.807) is 18.5 Å². The van der Waals surface area contributed by atoms with Gasteiger partial charge in [0.15, 0.2) is 16.7 Å². The molecular formula is C20H24N8O3S. The summed E-state index contributed by atoms with van der Waals surface area (Å²) in [6.07, 6.45) is 3.03. The van der Waals surface area contributed by atoms with Crippen LogP contribution >= 0.6 is 11.3 Å². The highest BCUT2D eigenvalue weighted by Crippen LogP contribution is 2.33. The molecule has 1 unspecified atom stereocenters. The molecule has 0 fully saturated rings. The van der Waals surface area contributed by atoms with Crippen LogP contribution < -0.4 is 16.0 Å². The van der Waals surface area contributed by atoms with Crippen molar-refractivity contribution in [1.29, 1.82) is 0 Å². The lowest BCUT2D eigenvalue weighted by molar-refractivity contribution is -0.123. The first kappa shape index (κ1) is 21.8. The molecule has 1 aliphatic heterocycles. The predicted molar refractivity (Wildman–Crippen MR) is 121 cm³/mol. The number of carbonyl (C=O) groups excluding carboxylic acids is 2. The number of pyridine rings is 1. The van der Waals surface area contributed by atoms with Crippen molar-refractivity contribution in [2.45, 2.75) is 38.8 Å². The van der Waals surface area contributed by atoms with Gasteiger partial charge in [-0.2, -0.15) is 0 Å². The van der Waals surface area contributed by atoms with Crippen LogP contribution in [-0.4, -0.2) is 56.3 Å². The maximum atomic E-state index is 12.5. The van der Waals surface area contributed by atoms with Crippen molar-refractivity contribution in [1.82, 2.24) is 24.7 Å². The molecule has 3 aromatic rings. The molecule has 32 heavy (non-hydrogen) atoms. The van der Waals surface area contributed by atoms with Crippen molar-refractivity contribution in [3.05, 3.63) is 29.4 Å². The number of aromatic nitrogens is 5. The summed E-state index contributed by atoms with van der Waals surface area (Å²) in [6.45, 7) is 4.12. The quantitative estimate of drug-likeness (QED) is 0.494. The molecule has 0 saturated carbocycles. The highest BCUT2D eigenvalue weighted by molar-refractivity contribution is 7.16. The molecule has 2 amide bonds. The Morgan fingerprint density at radius 3 is 2.94 bits per heavy atom. The number of hydrogen-bond acceptors (Lipinski definition) is 9. The van der Waals surface area contributed by atoms with Gasteiger partial charge in [-0.1, -0.05) is 17.4 Å². The van der Waals surface area contributed by atoms with E-state index in [1.807, 2.05) is 24.5 Å². The molecule has 0 spiro atoms. The van der Waals surface area contributed by atoms with Gasteiger partial charge in [-0.15, -0.1) is 10.2 Å². The van der Waals surface area contributed by atoms with Gasteiger partial charge in [0.25, 0.3) is 0 Å². The molecule has 3 aromatic heterocycles. The minimum atomic E-state index is -0.460. The topological polar surface area (TPSA) is 136 Å². The number of methoxy groups -OCH3 is 1. The molecule has 12 heteroatoms. The van der Waals surface area contributed by atoms with Crippen molar-refractivity contribution in [2.24, 2.45) is 0 Å². The molecule has 4 rings (SSSR count). The lowest BCUT2D eigenvalue weighted by Gasteiger charge is -2.21. The molecule has 0 saturated heterocycles. The van der Waals surface area contributed by atoms with Gasteiger partial charge in [0.1, 0.15) is 30.3 Å². The lowest BCUT2D eigenvalue weighted by Crippen LogP contribution is -2.35. The number of amides is 2. The first-order chi connectivity index (χ1) is 15.4. The Kier molecular flexibility index (Phi) is 6.42. The maximum Gasteiger partial charge on any atom is 0.326 e. The summed E-state index contributed by atoms with van der Waals surface area (Å²) in [5.74, 6) is 1.61. The third-order valence-corrected chi connectivity index (χ3v) is 5.94. The summed E-state index contributed by atoms with van der Waals surface area (Å²) in [7, 11) is 1.50. The van der Waals surface area contributed by atoms with Crippen molar-refractivity contribution < 1.29 is 14.3 Å². The molecule has 168 valence electrons. The van der Waals surface area contributed by atoms with Crippen LogP contribution in [0, 0.1) is 0 Å². The first-order valence-electron chi connectivity index (χ1n) is 10.2. The van der Waals surface area contributed by atoms with Crippen LogP contribution in [0.1, 0.15) is 31.2 Å². The third-order valence-electron chi connectivity index (χ3n) is 4.91. The molecule has 0 aromatic carbocycles. The Bertz CT molecular complexity index is 1130. The fourth-order valence-electron chi connectivity index (χ4n) is 3.36. The number of ketones is 1. The van der Waals surface area contributed by atoms with Gasteiger partial charge < -0.3 is 14.6 Å². The van der Waals surface area contributed by atoms with E-state index in [0.717, 1.165) is 4.88 Å². The number of nitrogens with one attached hydrogen (secondary N) is 3. The molecule has 0 bridgehead atoms. The zero-order valence-electron chi connectivity index (χ0n) is 18.0. The van der Waals surface area contributed by atoms with Gasteiger partial charge in [-0.3, -0.25) is 15.4 Å². The predicted octanol–water partition coefficient (Wildman–Crippen LogP) is 2.96. The third kappa shape index (κ3) is 4.75. The number of thiazole rings is 1. The number of urea groups is 1. The number of aryl methyl sites for hydroxylation is 1. The molecule has 3 N–H and O–H groups in total. The SMILES string of the molecule is COCC(=O)C1CCc2sc(NC(=O)Nc3cccc(-c4nncn4C(C)C)n3)nc2N1. The van der Waals surface area contributed by atoms with E-state index in [2.05, 4.69) is 36.1 Å². The van der Waals surface area contributed by atoms with Crippen LogP contribution in [0.4, 0.5) is 21.6 Å². The molecule has 0 radical (unpaired) electrons. The Morgan fingerprint density at radius 2 is 2.16 bits per heavy atom. The summed E-state index contributed by atoms with van der Waals surface area (Å²) in [4.78, 5) is 34.5. The summed E-state index contributed by atoms with van der Waals surface area (Å²) < 4.78 is 6.83. The van der Waals surface area contributed by atoms with Gasteiger partial charge in [0.05, 0.1) is 10.9 Å². The second-order valence-electron chi connectivity index (χ2n) is 7.57. The molecular weight excluding hydrogens is 432 g/mol. The fourth-order valence-corrected chi connectivity index (χ4v) is 4.30. The van der Waals surface area contributed by atoms with Crippen LogP contribution in [0.15, 0.2) is 24.5 Å². The van der Waals surface area contributed by atoms with Crippen molar-refractivity contribution in [3.63, 3.8) is 0 Å². The Labute approximate surface area is 188 Å². The summed E-state index contributed by atoms with van der Waals surface area (Å²) in [5.41, 5.74) is 0.606. The van der Waals surface area contributed by atoms with Crippen LogP contribution in [0.25, 0.3) is 11.5 Å². The van der Waals surface area contributed by atoms with E-state index in [9.17, 15) is 9.59 Å². The average Bonchev–Trinajstić information content (AvgIpc) is 3.40. The van der Waals surface area contributed by atoms with Gasteiger partial charge in [0.2, 0.25) is 0 Å². The Balaban J connectivity index is 1.41. The van der Waals surface area contributed by atoms with Crippen LogP contribution in [0.2, 0.25) is 0 Å². The number of nitrogens with zero attached hydrogens (tertiary/aromatic N) is 5. The first-order valence-corrected chi connectivity index (χ1v) is 11.0. The monoisotopic (exact) mass is 456 g/mol. The number of fused-ring (bicyclic) bond motifs is 1. The van der Waals surface area contributed by atoms with E-state index in [0.29, 0.717) is 41.1 Å². The highest BCUT2D eigenvalue weighted by atomic mass is 32.1. The second-order valence-corrected chi connectivity index (χ2v) is 8.65. The number of carbonyl (C=O) groups is 2. The van der Waals surface area contributed by atoms with Gasteiger partial charge in [-0.05, 0) is 38.8 Å². The van der Waals surface area contributed by atoms with Crippen LogP contribution in [-0.2, 0) is 16.0 Å². The summed E-state index contributed by atoms with van der Waals surface area (Å²) in [6, 6.07) is 4.69. The smallest absolute Gasteiger partial charge is 0.326 e. The van der Waals surface area contributed by atoms with E-state index in [4.69, 9.17) is 4.74 Å². The van der Waals surface area contributed by atoms with Crippen molar-refractivity contribution in [3.8, 4) is 11.5 Å². The molecule has 1 aliphatic rings. The number of rotatable bonds is 7. The van der Waals surface area contributed by atoms with E-state index in [-0.39, 0.29) is 24.5 Å². The normalized spacial score (nSPS) is 15.2. The molecule has 1 atom stereocenters. The Morgan fingerprint density at radius 1 is 1.31 bits per heavy atom. The molecule has 0 aliphatic carbocycles. The van der Waals surface area contributed by atoms with Gasteiger partial charge in [0, 0.05) is 13.2 Å². The largest absolute Gasteiger partial charge is 0.377 e. The molecule has 4 heterocycles. The highest BCUT2D eigenvalue weighted by Gasteiger charge is 2.27. The fraction of sp³-hybridized carbons (Fsp3) is 0.400. The maximum absolute atomic E-state index is 12.5. The lowest BCUT2D eigenvalue weighted by atomic mass is 10.0. The van der Waals surface area contributed by atoms with E-state index >= 15 is 0 Å². The van der Waals surface area contributed by atoms with Crippen molar-refractivity contribution in [2.75, 3.05) is 29.7 Å². The summed E-state index contributed by atoms with van der Waals surface area (Å²) in [5, 5.41) is 17.1. The Hall–Kier alpha value is -3.38. The zero-order valence-corrected chi connectivity index (χ0v) is 18.8. The van der Waals surface area contributed by atoms with E-state index in [1.165, 1.54) is 18.4 Å². The van der Waals surface area contributed by atoms with Crippen LogP contribution in [0.5, 0.6) is 0 Å². The summed E-state index contributed by atoms with van der Waals surface area (Å²) >= 11 is 1.38. The zero-order chi connectivity index (χ0) is 22.7. The van der Waals surface area contributed by atoms with Crippen LogP contribution in [0.3, 0.4) is 0 Å². The second kappa shape index (κ2) is 9.40. The number of anilines is 3. The minimum absolute atomic E-state index is 0.0161. The number of Topliss-reactive ketones (excluding diaryl/α,β-unsaturated/α-hetero) is 1. The minimum Gasteiger partial charge on any atom is -0.377 e. The van der Waals surface area contributed by atoms with Crippen molar-refractivity contribution >= 4 is 39.9 Å². The number of ether oxygens (including phenoxy) is 1. The number of hydrogen-bond donors (Lipinski definition) is 3. The average molecular weight is 457 g/mol. The van der Waals surface area contributed by atoms with Gasteiger partial charge in [-0.25, -0.2) is 14.8 Å². The molecule has 11 nitrogen and oxygen atoms in total. The standard InChI is InChI=1S/C20H24N8O3S/c1-11(2)28-10-21-27-18(28)13-5-4-6-16(22-13)24-19(30)26-20-25-17-15(32-20)8-7-12(23-17)14(29)9-31-3/h4-6,10-12,23H,7-9H2,1-3H3,(H2,22,24,25,26,30). The van der Waals surface area contributed by atoms with Gasteiger partial charge >= 0.3 is 6.03 Å².